The van der Waals surface area contributed by atoms with Crippen LogP contribution in [-0.4, -0.2) is 71.0 Å². The highest BCUT2D eigenvalue weighted by Crippen LogP contribution is 2.40. The van der Waals surface area contributed by atoms with Gasteiger partial charge in [0.1, 0.15) is 0 Å². The second-order valence-electron chi connectivity index (χ2n) is 6.53. The Morgan fingerprint density at radius 3 is 2.00 bits per heavy atom. The third-order valence-corrected chi connectivity index (χ3v) is 7.35. The SMILES string of the molecule is COc1ccc(C(=O)N2CCN(S(=O)(=O)c3ccc(Br)cc3)CC2)c(OC)c1OC. The number of benzene rings is 2. The van der Waals surface area contributed by atoms with Gasteiger partial charge in [-0.15, -0.1) is 0 Å². The molecular weight excluding hydrogens is 476 g/mol. The van der Waals surface area contributed by atoms with Crippen LogP contribution < -0.4 is 14.2 Å². The van der Waals surface area contributed by atoms with Crippen LogP contribution in [0.1, 0.15) is 10.4 Å². The fraction of sp³-hybridized carbons (Fsp3) is 0.350. The van der Waals surface area contributed by atoms with Gasteiger partial charge in [-0.1, -0.05) is 15.9 Å². The van der Waals surface area contributed by atoms with E-state index in [9.17, 15) is 13.2 Å². The van der Waals surface area contributed by atoms with Crippen molar-refractivity contribution in [3.05, 3.63) is 46.4 Å². The van der Waals surface area contributed by atoms with Crippen molar-refractivity contribution in [2.45, 2.75) is 4.90 Å². The van der Waals surface area contributed by atoms with Crippen LogP contribution in [0.2, 0.25) is 0 Å². The zero-order valence-corrected chi connectivity index (χ0v) is 19.3. The van der Waals surface area contributed by atoms with E-state index in [-0.39, 0.29) is 42.7 Å². The molecule has 1 saturated heterocycles. The number of rotatable bonds is 6. The number of nitrogens with zero attached hydrogens (tertiary/aromatic N) is 2. The quantitative estimate of drug-likeness (QED) is 0.608. The Bertz CT molecular complexity index is 1020. The average molecular weight is 499 g/mol. The molecule has 0 saturated carbocycles. The molecular formula is C20H23BrN2O6S. The van der Waals surface area contributed by atoms with Crippen LogP contribution in [0.25, 0.3) is 0 Å². The number of hydrogen-bond acceptors (Lipinski definition) is 6. The Labute approximate surface area is 184 Å². The van der Waals surface area contributed by atoms with Crippen LogP contribution in [0.3, 0.4) is 0 Å². The summed E-state index contributed by atoms with van der Waals surface area (Å²) in [6.07, 6.45) is 0. The molecule has 0 aromatic heterocycles. The third-order valence-electron chi connectivity index (χ3n) is 4.91. The summed E-state index contributed by atoms with van der Waals surface area (Å²) < 4.78 is 43.9. The van der Waals surface area contributed by atoms with E-state index in [1.807, 2.05) is 0 Å². The van der Waals surface area contributed by atoms with Crippen molar-refractivity contribution in [2.24, 2.45) is 0 Å². The number of carbonyl (C=O) groups excluding carboxylic acids is 1. The summed E-state index contributed by atoms with van der Waals surface area (Å²) in [5, 5.41) is 0. The van der Waals surface area contributed by atoms with Crippen LogP contribution in [0.5, 0.6) is 17.2 Å². The smallest absolute Gasteiger partial charge is 0.257 e. The molecule has 162 valence electrons. The van der Waals surface area contributed by atoms with Crippen molar-refractivity contribution in [2.75, 3.05) is 47.5 Å². The van der Waals surface area contributed by atoms with Gasteiger partial charge in [-0.3, -0.25) is 4.79 Å². The lowest BCUT2D eigenvalue weighted by Crippen LogP contribution is -2.50. The molecule has 0 radical (unpaired) electrons. The van der Waals surface area contributed by atoms with Crippen molar-refractivity contribution in [3.63, 3.8) is 0 Å². The number of amides is 1. The minimum Gasteiger partial charge on any atom is -0.493 e. The fourth-order valence-electron chi connectivity index (χ4n) is 3.33. The Hall–Kier alpha value is -2.30. The highest BCUT2D eigenvalue weighted by Gasteiger charge is 2.32. The first-order valence-electron chi connectivity index (χ1n) is 9.17. The van der Waals surface area contributed by atoms with Crippen molar-refractivity contribution < 1.29 is 27.4 Å². The summed E-state index contributed by atoms with van der Waals surface area (Å²) in [7, 11) is 0.820. The van der Waals surface area contributed by atoms with E-state index in [1.54, 1.807) is 41.3 Å². The van der Waals surface area contributed by atoms with Crippen molar-refractivity contribution in [1.82, 2.24) is 9.21 Å². The minimum absolute atomic E-state index is 0.208. The summed E-state index contributed by atoms with van der Waals surface area (Å²) in [5.41, 5.74) is 0.333. The first-order chi connectivity index (χ1) is 14.3. The van der Waals surface area contributed by atoms with E-state index in [0.29, 0.717) is 17.1 Å². The molecule has 10 heteroatoms. The second kappa shape index (κ2) is 9.23. The van der Waals surface area contributed by atoms with Gasteiger partial charge in [-0.05, 0) is 36.4 Å². The predicted octanol–water partition coefficient (Wildman–Crippen LogP) is 2.62. The molecule has 0 atom stereocenters. The molecule has 1 aliphatic heterocycles. The van der Waals surface area contributed by atoms with Crippen LogP contribution in [0, 0.1) is 0 Å². The maximum atomic E-state index is 13.1. The molecule has 0 N–H and O–H groups in total. The largest absolute Gasteiger partial charge is 0.493 e. The Morgan fingerprint density at radius 2 is 1.47 bits per heavy atom. The van der Waals surface area contributed by atoms with Gasteiger partial charge in [0.2, 0.25) is 15.8 Å². The van der Waals surface area contributed by atoms with Gasteiger partial charge in [0.05, 0.1) is 31.8 Å². The lowest BCUT2D eigenvalue weighted by atomic mass is 10.1. The molecule has 30 heavy (non-hydrogen) atoms. The number of carbonyl (C=O) groups is 1. The maximum Gasteiger partial charge on any atom is 0.257 e. The molecule has 3 rings (SSSR count). The minimum atomic E-state index is -3.61. The topological polar surface area (TPSA) is 85.4 Å². The second-order valence-corrected chi connectivity index (χ2v) is 9.39. The van der Waals surface area contributed by atoms with E-state index in [0.717, 1.165) is 4.47 Å². The molecule has 1 fully saturated rings. The Morgan fingerprint density at radius 1 is 0.867 bits per heavy atom. The highest BCUT2D eigenvalue weighted by molar-refractivity contribution is 9.10. The first-order valence-corrected chi connectivity index (χ1v) is 11.4. The van der Waals surface area contributed by atoms with Gasteiger partial charge >= 0.3 is 0 Å². The number of halogens is 1. The van der Waals surface area contributed by atoms with Crippen molar-refractivity contribution in [1.29, 1.82) is 0 Å². The normalized spacial score (nSPS) is 15.0. The zero-order chi connectivity index (χ0) is 21.9. The number of sulfonamides is 1. The van der Waals surface area contributed by atoms with E-state index >= 15 is 0 Å². The predicted molar refractivity (Wildman–Crippen MR) is 115 cm³/mol. The van der Waals surface area contributed by atoms with Crippen LogP contribution >= 0.6 is 15.9 Å². The van der Waals surface area contributed by atoms with Gasteiger partial charge in [-0.2, -0.15) is 4.31 Å². The monoisotopic (exact) mass is 498 g/mol. The number of hydrogen-bond donors (Lipinski definition) is 0. The molecule has 1 heterocycles. The summed E-state index contributed by atoms with van der Waals surface area (Å²) in [4.78, 5) is 14.9. The van der Waals surface area contributed by atoms with E-state index < -0.39 is 10.0 Å². The lowest BCUT2D eigenvalue weighted by Gasteiger charge is -2.34. The van der Waals surface area contributed by atoms with Gasteiger partial charge in [0, 0.05) is 30.7 Å². The Kier molecular flexibility index (Phi) is 6.89. The average Bonchev–Trinajstić information content (AvgIpc) is 2.77. The molecule has 2 aromatic rings. The van der Waals surface area contributed by atoms with Crippen molar-refractivity contribution >= 4 is 31.9 Å². The number of piperazine rings is 1. The molecule has 1 aliphatic rings. The van der Waals surface area contributed by atoms with Crippen molar-refractivity contribution in [3.8, 4) is 17.2 Å². The van der Waals surface area contributed by atoms with Gasteiger partial charge in [0.25, 0.3) is 5.91 Å². The molecule has 0 spiro atoms. The lowest BCUT2D eigenvalue weighted by molar-refractivity contribution is 0.0693. The third kappa shape index (κ3) is 4.26. The van der Waals surface area contributed by atoms with Gasteiger partial charge in [0.15, 0.2) is 11.5 Å². The summed E-state index contributed by atoms with van der Waals surface area (Å²) in [5.74, 6) is 0.818. The van der Waals surface area contributed by atoms with E-state index in [4.69, 9.17) is 14.2 Å². The summed E-state index contributed by atoms with van der Waals surface area (Å²) in [6.45, 7) is 0.956. The fourth-order valence-corrected chi connectivity index (χ4v) is 5.01. The van der Waals surface area contributed by atoms with E-state index in [2.05, 4.69) is 15.9 Å². The van der Waals surface area contributed by atoms with Crippen LogP contribution in [0.15, 0.2) is 45.8 Å². The van der Waals surface area contributed by atoms with Gasteiger partial charge in [-0.25, -0.2) is 8.42 Å². The molecule has 0 unspecified atom stereocenters. The molecule has 8 nitrogen and oxygen atoms in total. The number of methoxy groups -OCH3 is 3. The van der Waals surface area contributed by atoms with Gasteiger partial charge < -0.3 is 19.1 Å². The highest BCUT2D eigenvalue weighted by atomic mass is 79.9. The molecule has 0 aliphatic carbocycles. The van der Waals surface area contributed by atoms with Crippen LogP contribution in [0.4, 0.5) is 0 Å². The van der Waals surface area contributed by atoms with E-state index in [1.165, 1.54) is 25.6 Å². The zero-order valence-electron chi connectivity index (χ0n) is 16.9. The Balaban J connectivity index is 1.77. The van der Waals surface area contributed by atoms with Crippen LogP contribution in [-0.2, 0) is 10.0 Å². The molecule has 2 aromatic carbocycles. The summed E-state index contributed by atoms with van der Waals surface area (Å²) >= 11 is 3.31. The summed E-state index contributed by atoms with van der Waals surface area (Å²) in [6, 6.07) is 9.76. The maximum absolute atomic E-state index is 13.1. The molecule has 1 amide bonds. The molecule has 0 bridgehead atoms. The first kappa shape index (κ1) is 22.4. The standard InChI is InChI=1S/C20H23BrN2O6S/c1-27-17-9-8-16(18(28-2)19(17)29-3)20(24)22-10-12-23(13-11-22)30(25,26)15-6-4-14(21)5-7-15/h4-9H,10-13H2,1-3H3. The number of ether oxygens (including phenoxy) is 3.